The molecule has 0 fully saturated rings. The molecule has 11 nitrogen and oxygen atoms in total. The van der Waals surface area contributed by atoms with Crippen molar-refractivity contribution in [2.24, 2.45) is 0 Å². The Hall–Kier alpha value is -3.17. The minimum absolute atomic E-state index is 0.109. The summed E-state index contributed by atoms with van der Waals surface area (Å²) in [5.41, 5.74) is 0.673. The highest BCUT2D eigenvalue weighted by Crippen LogP contribution is 2.59. The SMILES string of the molecule is CCOP(=O)(OCC)Oc1ccc2c(c1)Oc1cc(OP(=O)(OCC)OCC)ccc1C21OC(=O)c2ccccc21. The highest BCUT2D eigenvalue weighted by atomic mass is 31.2. The minimum atomic E-state index is -3.90. The summed E-state index contributed by atoms with van der Waals surface area (Å²) in [6.07, 6.45) is 0. The average Bonchev–Trinajstić information content (AvgIpc) is 3.21. The number of phosphoric acid groups is 2. The van der Waals surface area contributed by atoms with Crippen LogP contribution >= 0.6 is 15.6 Å². The molecule has 0 saturated carbocycles. The topological polar surface area (TPSA) is 125 Å². The van der Waals surface area contributed by atoms with E-state index in [-0.39, 0.29) is 49.4 Å². The Morgan fingerprint density at radius 3 is 1.59 bits per heavy atom. The molecule has 3 aromatic rings. The van der Waals surface area contributed by atoms with Crippen LogP contribution in [0.2, 0.25) is 0 Å². The predicted molar refractivity (Wildman–Crippen MR) is 148 cm³/mol. The maximum Gasteiger partial charge on any atom is 0.530 e. The first-order chi connectivity index (χ1) is 19.7. The third-order valence-electron chi connectivity index (χ3n) is 6.24. The van der Waals surface area contributed by atoms with Crippen LogP contribution in [0.1, 0.15) is 54.7 Å². The van der Waals surface area contributed by atoms with Crippen LogP contribution < -0.4 is 13.8 Å². The van der Waals surface area contributed by atoms with Crippen LogP contribution in [-0.2, 0) is 37.6 Å². The molecular weight excluding hydrogens is 574 g/mol. The molecule has 0 radical (unpaired) electrons. The minimum Gasteiger partial charge on any atom is -0.456 e. The van der Waals surface area contributed by atoms with E-state index in [0.717, 1.165) is 0 Å². The van der Waals surface area contributed by atoms with Crippen LogP contribution in [0.25, 0.3) is 0 Å². The van der Waals surface area contributed by atoms with Crippen molar-refractivity contribution in [3.8, 4) is 23.0 Å². The van der Waals surface area contributed by atoms with Crippen molar-refractivity contribution in [2.45, 2.75) is 33.3 Å². The summed E-state index contributed by atoms with van der Waals surface area (Å²) in [5, 5.41) is 0. The lowest BCUT2D eigenvalue weighted by atomic mass is 9.77. The molecule has 0 saturated heterocycles. The van der Waals surface area contributed by atoms with Crippen LogP contribution in [0, 0.1) is 0 Å². The van der Waals surface area contributed by atoms with Crippen molar-refractivity contribution in [1.29, 1.82) is 0 Å². The first-order valence-corrected chi connectivity index (χ1v) is 16.1. The van der Waals surface area contributed by atoms with Crippen LogP contribution in [0.4, 0.5) is 0 Å². The van der Waals surface area contributed by atoms with E-state index in [4.69, 9.17) is 36.6 Å². The second-order valence-electron chi connectivity index (χ2n) is 8.78. The lowest BCUT2D eigenvalue weighted by Crippen LogP contribution is -2.33. The van der Waals surface area contributed by atoms with Gasteiger partial charge in [-0.15, -0.1) is 0 Å². The fourth-order valence-electron chi connectivity index (χ4n) is 4.82. The number of rotatable bonds is 12. The molecular formula is C28H30O11P2. The number of esters is 1. The van der Waals surface area contributed by atoms with Gasteiger partial charge in [0.15, 0.2) is 5.60 Å². The van der Waals surface area contributed by atoms with Gasteiger partial charge < -0.3 is 18.5 Å². The highest BCUT2D eigenvalue weighted by Gasteiger charge is 2.53. The first kappa shape index (κ1) is 29.3. The second-order valence-corrected chi connectivity index (χ2v) is 12.0. The summed E-state index contributed by atoms with van der Waals surface area (Å²) in [5.74, 6) is 0.307. The Morgan fingerprint density at radius 1 is 0.659 bits per heavy atom. The van der Waals surface area contributed by atoms with Crippen LogP contribution in [0.3, 0.4) is 0 Å². The van der Waals surface area contributed by atoms with Crippen molar-refractivity contribution in [3.63, 3.8) is 0 Å². The maximum absolute atomic E-state index is 13.1. The highest BCUT2D eigenvalue weighted by molar-refractivity contribution is 7.49. The van der Waals surface area contributed by atoms with Gasteiger partial charge >= 0.3 is 21.6 Å². The van der Waals surface area contributed by atoms with E-state index >= 15 is 0 Å². The molecule has 13 heteroatoms. The van der Waals surface area contributed by atoms with Gasteiger partial charge in [0.25, 0.3) is 0 Å². The maximum atomic E-state index is 13.1. The number of hydrogen-bond acceptors (Lipinski definition) is 11. The molecule has 2 heterocycles. The van der Waals surface area contributed by atoms with E-state index < -0.39 is 27.2 Å². The van der Waals surface area contributed by atoms with Gasteiger partial charge in [-0.2, -0.15) is 0 Å². The zero-order valence-electron chi connectivity index (χ0n) is 23.0. The summed E-state index contributed by atoms with van der Waals surface area (Å²) >= 11 is 0. The molecule has 3 aromatic carbocycles. The molecule has 218 valence electrons. The number of carbonyl (C=O) groups excluding carboxylic acids is 1. The number of hydrogen-bond donors (Lipinski definition) is 0. The fraction of sp³-hybridized carbons (Fsp3) is 0.321. The standard InChI is InChI=1S/C28H30O11P2/c1-5-32-40(30,33-6-2)38-19-13-15-23-25(17-19)36-26-18-20(39-41(31,34-7-3)35-8-4)14-16-24(26)28(23)22-12-10-9-11-21(22)27(29)37-28/h9-18H,5-8H2,1-4H3. The van der Waals surface area contributed by atoms with Crippen LogP contribution in [-0.4, -0.2) is 32.4 Å². The van der Waals surface area contributed by atoms with Crippen molar-refractivity contribution >= 4 is 21.6 Å². The Labute approximate surface area is 237 Å². The lowest BCUT2D eigenvalue weighted by Gasteiger charge is -2.36. The van der Waals surface area contributed by atoms with E-state index in [9.17, 15) is 13.9 Å². The largest absolute Gasteiger partial charge is 0.530 e. The Balaban J connectivity index is 1.63. The van der Waals surface area contributed by atoms with E-state index in [1.165, 1.54) is 12.1 Å². The summed E-state index contributed by atoms with van der Waals surface area (Å²) in [6, 6.07) is 16.6. The number of fused-ring (bicyclic) bond motifs is 6. The number of carbonyl (C=O) groups is 1. The zero-order chi connectivity index (χ0) is 29.3. The van der Waals surface area contributed by atoms with Gasteiger partial charge in [-0.3, -0.25) is 18.1 Å². The molecule has 2 aliphatic rings. The molecule has 2 aliphatic heterocycles. The van der Waals surface area contributed by atoms with Crippen LogP contribution in [0.15, 0.2) is 60.7 Å². The number of phosphoric ester groups is 2. The van der Waals surface area contributed by atoms with Gasteiger partial charge in [-0.1, -0.05) is 18.2 Å². The summed E-state index contributed by atoms with van der Waals surface area (Å²) in [7, 11) is -7.81. The third-order valence-corrected chi connectivity index (χ3v) is 9.41. The van der Waals surface area contributed by atoms with Gasteiger partial charge in [-0.05, 0) is 58.0 Å². The zero-order valence-corrected chi connectivity index (χ0v) is 24.8. The second kappa shape index (κ2) is 11.6. The molecule has 0 unspecified atom stereocenters. The first-order valence-electron chi connectivity index (χ1n) is 13.2. The van der Waals surface area contributed by atoms with Crippen LogP contribution in [0.5, 0.6) is 23.0 Å². The summed E-state index contributed by atoms with van der Waals surface area (Å²) in [6.45, 7) is 7.13. The Morgan fingerprint density at radius 2 is 1.12 bits per heavy atom. The Bertz CT molecular complexity index is 1450. The molecule has 41 heavy (non-hydrogen) atoms. The molecule has 0 amide bonds. The Kier molecular flexibility index (Phi) is 8.30. The van der Waals surface area contributed by atoms with E-state index in [1.807, 2.05) is 12.1 Å². The van der Waals surface area contributed by atoms with Crippen molar-refractivity contribution in [2.75, 3.05) is 26.4 Å². The van der Waals surface area contributed by atoms with E-state index in [2.05, 4.69) is 0 Å². The smallest absolute Gasteiger partial charge is 0.456 e. The van der Waals surface area contributed by atoms with E-state index in [1.54, 1.807) is 64.1 Å². The van der Waals surface area contributed by atoms with Gasteiger partial charge in [-0.25, -0.2) is 13.9 Å². The number of ether oxygens (including phenoxy) is 2. The van der Waals surface area contributed by atoms with Gasteiger partial charge in [0.1, 0.15) is 23.0 Å². The predicted octanol–water partition coefficient (Wildman–Crippen LogP) is 7.37. The molecule has 0 N–H and O–H groups in total. The molecule has 0 aliphatic carbocycles. The summed E-state index contributed by atoms with van der Waals surface area (Å²) in [4.78, 5) is 13.1. The quantitative estimate of drug-likeness (QED) is 0.152. The molecule has 0 bridgehead atoms. The fourth-order valence-corrected chi connectivity index (χ4v) is 7.19. The molecule has 1 spiro atoms. The van der Waals surface area contributed by atoms with Crippen molar-refractivity contribution in [3.05, 3.63) is 82.9 Å². The lowest BCUT2D eigenvalue weighted by molar-refractivity contribution is 0.0224. The average molecular weight is 604 g/mol. The molecule has 0 aromatic heterocycles. The molecule has 0 atom stereocenters. The van der Waals surface area contributed by atoms with Gasteiger partial charge in [0, 0.05) is 28.8 Å². The van der Waals surface area contributed by atoms with Crippen molar-refractivity contribution < 1.29 is 50.5 Å². The van der Waals surface area contributed by atoms with Gasteiger partial charge in [0.2, 0.25) is 0 Å². The number of benzene rings is 3. The monoisotopic (exact) mass is 604 g/mol. The summed E-state index contributed by atoms with van der Waals surface area (Å²) < 4.78 is 70.9. The van der Waals surface area contributed by atoms with Crippen molar-refractivity contribution in [1.82, 2.24) is 0 Å². The van der Waals surface area contributed by atoms with E-state index in [0.29, 0.717) is 22.3 Å². The molecule has 5 rings (SSSR count). The van der Waals surface area contributed by atoms with Gasteiger partial charge in [0.05, 0.1) is 32.0 Å². The normalized spacial score (nSPS) is 15.0. The third kappa shape index (κ3) is 5.42.